The summed E-state index contributed by atoms with van der Waals surface area (Å²) in [6, 6.07) is 0. The molecule has 0 bridgehead atoms. The van der Waals surface area contributed by atoms with Gasteiger partial charge in [0, 0.05) is 0 Å². The lowest BCUT2D eigenvalue weighted by Gasteiger charge is -2.01. The van der Waals surface area contributed by atoms with E-state index >= 15 is 0 Å². The van der Waals surface area contributed by atoms with Crippen molar-refractivity contribution in [1.82, 2.24) is 4.98 Å². The van der Waals surface area contributed by atoms with Crippen molar-refractivity contribution in [3.05, 3.63) is 6.92 Å². The molecule has 0 rings (SSSR count). The Hall–Kier alpha value is 0.177. The molecule has 7 heavy (non-hydrogen) atoms. The van der Waals surface area contributed by atoms with Crippen LogP contribution in [-0.4, -0.2) is 15.5 Å². The maximum atomic E-state index is 3.72. The normalized spacial score (nSPS) is 10.3. The minimum Gasteiger partial charge on any atom is -0.340 e. The van der Waals surface area contributed by atoms with Crippen molar-refractivity contribution < 1.29 is 0 Å². The summed E-state index contributed by atoms with van der Waals surface area (Å²) in [6.45, 7) is 9.37. The largest absolute Gasteiger partial charge is 0.340 e. The molecule has 1 nitrogen and oxygen atoms in total. The van der Waals surface area contributed by atoms with Crippen molar-refractivity contribution in [2.75, 3.05) is 6.54 Å². The van der Waals surface area contributed by atoms with Gasteiger partial charge in [-0.3, -0.25) is 0 Å². The smallest absolute Gasteiger partial charge is 0.102 e. The second kappa shape index (κ2) is 4.34. The van der Waals surface area contributed by atoms with E-state index in [1.807, 2.05) is 0 Å². The fraction of sp³-hybridized carbons (Fsp3) is 0.800. The Labute approximate surface area is 47.8 Å². The first kappa shape index (κ1) is 7.18. The van der Waals surface area contributed by atoms with Crippen molar-refractivity contribution in [2.45, 2.75) is 19.5 Å². The van der Waals surface area contributed by atoms with Gasteiger partial charge >= 0.3 is 0 Å². The summed E-state index contributed by atoms with van der Waals surface area (Å²) in [7, 11) is -0.478. The molecule has 0 aliphatic heterocycles. The molecule has 0 fully saturated rings. The number of hydrogen-bond donors (Lipinski definition) is 1. The highest BCUT2D eigenvalue weighted by Crippen LogP contribution is 1.72. The van der Waals surface area contributed by atoms with E-state index < -0.39 is 8.96 Å². The zero-order valence-corrected chi connectivity index (χ0v) is 6.35. The van der Waals surface area contributed by atoms with E-state index in [9.17, 15) is 0 Å². The molecule has 0 saturated heterocycles. The summed E-state index contributed by atoms with van der Waals surface area (Å²) in [6.07, 6.45) is 1.02. The highest BCUT2D eigenvalue weighted by molar-refractivity contribution is 6.52. The van der Waals surface area contributed by atoms with E-state index in [1.54, 1.807) is 0 Å². The van der Waals surface area contributed by atoms with E-state index in [4.69, 9.17) is 0 Å². The van der Waals surface area contributed by atoms with Crippen molar-refractivity contribution in [3.63, 3.8) is 0 Å². The summed E-state index contributed by atoms with van der Waals surface area (Å²) in [5, 5.41) is 0. The Morgan fingerprint density at radius 2 is 2.14 bits per heavy atom. The van der Waals surface area contributed by atoms with Gasteiger partial charge in [-0.15, -0.1) is 0 Å². The van der Waals surface area contributed by atoms with Crippen LogP contribution in [0.2, 0.25) is 13.1 Å². The van der Waals surface area contributed by atoms with Crippen LogP contribution in [0.4, 0.5) is 0 Å². The molecule has 1 radical (unpaired) electrons. The van der Waals surface area contributed by atoms with Crippen LogP contribution in [0.25, 0.3) is 0 Å². The first-order valence-electron chi connectivity index (χ1n) is 2.80. The van der Waals surface area contributed by atoms with Crippen LogP contribution in [0.3, 0.4) is 0 Å². The third-order valence-electron chi connectivity index (χ3n) is 0.729. The van der Waals surface area contributed by atoms with Crippen LogP contribution >= 0.6 is 0 Å². The molecule has 0 saturated carbocycles. The fourth-order valence-corrected chi connectivity index (χ4v) is 1.17. The molecule has 0 aliphatic carbocycles. The van der Waals surface area contributed by atoms with E-state index in [1.165, 1.54) is 0 Å². The van der Waals surface area contributed by atoms with E-state index in [-0.39, 0.29) is 0 Å². The SMILES string of the molecule is [CH2]CCN[SiH](C)C. The lowest BCUT2D eigenvalue weighted by atomic mass is 10.5. The van der Waals surface area contributed by atoms with Crippen molar-refractivity contribution in [3.8, 4) is 0 Å². The molecule has 0 amide bonds. The number of hydrogen-bond acceptors (Lipinski definition) is 1. The Kier molecular flexibility index (Phi) is 4.45. The summed E-state index contributed by atoms with van der Waals surface area (Å²) < 4.78 is 0. The van der Waals surface area contributed by atoms with Crippen LogP contribution < -0.4 is 4.98 Å². The molecule has 0 atom stereocenters. The van der Waals surface area contributed by atoms with Crippen LogP contribution in [0.15, 0.2) is 0 Å². The van der Waals surface area contributed by atoms with E-state index in [2.05, 4.69) is 25.0 Å². The predicted molar refractivity (Wildman–Crippen MR) is 36.9 cm³/mol. The standard InChI is InChI=1S/C5H14NSi/c1-4-5-6-7(2)3/h6-7H,1,4-5H2,2-3H3. The third kappa shape index (κ3) is 6.18. The van der Waals surface area contributed by atoms with Gasteiger partial charge in [0.05, 0.1) is 0 Å². The van der Waals surface area contributed by atoms with Crippen molar-refractivity contribution in [2.24, 2.45) is 0 Å². The second-order valence-corrected chi connectivity index (χ2v) is 4.68. The maximum absolute atomic E-state index is 3.72. The van der Waals surface area contributed by atoms with Crippen LogP contribution in [-0.2, 0) is 0 Å². The van der Waals surface area contributed by atoms with Gasteiger partial charge in [-0.1, -0.05) is 20.0 Å². The molecule has 0 aliphatic rings. The summed E-state index contributed by atoms with van der Waals surface area (Å²) >= 11 is 0. The Bertz CT molecular complexity index is 37.1. The number of nitrogens with one attached hydrogen (secondary N) is 1. The monoisotopic (exact) mass is 116 g/mol. The molecule has 2 heteroatoms. The molecule has 0 aromatic rings. The maximum Gasteiger partial charge on any atom is 0.102 e. The molecule has 0 spiro atoms. The van der Waals surface area contributed by atoms with Gasteiger partial charge in [0.15, 0.2) is 0 Å². The van der Waals surface area contributed by atoms with E-state index in [0.717, 1.165) is 13.0 Å². The molecule has 0 aromatic heterocycles. The van der Waals surface area contributed by atoms with Crippen molar-refractivity contribution in [1.29, 1.82) is 0 Å². The van der Waals surface area contributed by atoms with Gasteiger partial charge in [0.2, 0.25) is 0 Å². The zero-order chi connectivity index (χ0) is 5.70. The second-order valence-electron chi connectivity index (χ2n) is 1.96. The topological polar surface area (TPSA) is 12.0 Å². The van der Waals surface area contributed by atoms with E-state index in [0.29, 0.717) is 0 Å². The lowest BCUT2D eigenvalue weighted by molar-refractivity contribution is 0.904. The average Bonchev–Trinajstić information content (AvgIpc) is 1.61. The minimum atomic E-state index is -0.478. The molecule has 0 heterocycles. The van der Waals surface area contributed by atoms with Gasteiger partial charge in [-0.2, -0.15) is 0 Å². The third-order valence-corrected chi connectivity index (χ3v) is 1.83. The molecular weight excluding hydrogens is 102 g/mol. The molecule has 43 valence electrons. The highest BCUT2D eigenvalue weighted by Gasteiger charge is 1.88. The average molecular weight is 116 g/mol. The lowest BCUT2D eigenvalue weighted by Crippen LogP contribution is -2.27. The molecule has 1 N–H and O–H groups in total. The fourth-order valence-electron chi connectivity index (χ4n) is 0.391. The van der Waals surface area contributed by atoms with Gasteiger partial charge in [-0.25, -0.2) is 0 Å². The summed E-state index contributed by atoms with van der Waals surface area (Å²) in [4.78, 5) is 3.37. The van der Waals surface area contributed by atoms with Gasteiger partial charge < -0.3 is 4.98 Å². The first-order chi connectivity index (χ1) is 3.27. The summed E-state index contributed by atoms with van der Waals surface area (Å²) in [5.74, 6) is 0. The molecular formula is C5H14NSi. The molecule has 0 unspecified atom stereocenters. The van der Waals surface area contributed by atoms with Gasteiger partial charge in [0.25, 0.3) is 0 Å². The summed E-state index contributed by atoms with van der Waals surface area (Å²) in [5.41, 5.74) is 0. The van der Waals surface area contributed by atoms with Crippen molar-refractivity contribution >= 4 is 8.96 Å². The van der Waals surface area contributed by atoms with Gasteiger partial charge in [0.1, 0.15) is 8.96 Å². The Morgan fingerprint density at radius 1 is 1.57 bits per heavy atom. The van der Waals surface area contributed by atoms with Crippen LogP contribution in [0, 0.1) is 6.92 Å². The minimum absolute atomic E-state index is 0.478. The number of rotatable bonds is 3. The van der Waals surface area contributed by atoms with Crippen LogP contribution in [0.5, 0.6) is 0 Å². The first-order valence-corrected chi connectivity index (χ1v) is 5.68. The zero-order valence-electron chi connectivity index (χ0n) is 5.20. The quantitative estimate of drug-likeness (QED) is 0.537. The van der Waals surface area contributed by atoms with Crippen LogP contribution in [0.1, 0.15) is 6.42 Å². The molecule has 0 aromatic carbocycles. The Balaban J connectivity index is 2.68. The predicted octanol–water partition coefficient (Wildman–Crippen LogP) is 0.784. The van der Waals surface area contributed by atoms with Gasteiger partial charge in [-0.05, 0) is 13.0 Å². The Morgan fingerprint density at radius 3 is 2.29 bits per heavy atom. The highest BCUT2D eigenvalue weighted by atomic mass is 28.3.